The van der Waals surface area contributed by atoms with E-state index in [0.717, 1.165) is 24.8 Å². The zero-order valence-electron chi connectivity index (χ0n) is 16.4. The van der Waals surface area contributed by atoms with E-state index < -0.39 is 12.1 Å². The highest BCUT2D eigenvalue weighted by molar-refractivity contribution is 8.00. The van der Waals surface area contributed by atoms with Crippen molar-refractivity contribution in [1.82, 2.24) is 10.2 Å². The maximum Gasteiger partial charge on any atom is 0.413 e. The van der Waals surface area contributed by atoms with Crippen LogP contribution in [0, 0.1) is 0 Å². The van der Waals surface area contributed by atoms with Crippen LogP contribution in [-0.4, -0.2) is 60.0 Å². The second-order valence-corrected chi connectivity index (χ2v) is 8.20. The molecule has 0 radical (unpaired) electrons. The molecule has 158 valence electrons. The zero-order valence-corrected chi connectivity index (χ0v) is 17.2. The quantitative estimate of drug-likeness (QED) is 0.387. The number of rotatable bonds is 8. The summed E-state index contributed by atoms with van der Waals surface area (Å²) in [6.07, 6.45) is 2.49. The van der Waals surface area contributed by atoms with Gasteiger partial charge < -0.3 is 14.2 Å². The van der Waals surface area contributed by atoms with Gasteiger partial charge in [0.05, 0.1) is 12.5 Å². The molecule has 0 unspecified atom stereocenters. The third kappa shape index (κ3) is 5.86. The van der Waals surface area contributed by atoms with Crippen molar-refractivity contribution in [2.24, 2.45) is 0 Å². The molecule has 1 N–H and O–H groups in total. The lowest BCUT2D eigenvalue weighted by Crippen LogP contribution is -2.38. The van der Waals surface area contributed by atoms with Crippen molar-refractivity contribution in [3.8, 4) is 0 Å². The molecule has 0 aliphatic carbocycles. The number of benzene rings is 1. The highest BCUT2D eigenvalue weighted by atomic mass is 32.2. The van der Waals surface area contributed by atoms with Gasteiger partial charge in [-0.1, -0.05) is 43.2 Å². The van der Waals surface area contributed by atoms with Crippen LogP contribution >= 0.6 is 11.8 Å². The van der Waals surface area contributed by atoms with Gasteiger partial charge in [-0.25, -0.2) is 9.59 Å². The number of nitrogens with one attached hydrogen (secondary N) is 1. The summed E-state index contributed by atoms with van der Waals surface area (Å²) in [7, 11) is 1.39. The molecule has 1 aromatic rings. The molecule has 2 aliphatic heterocycles. The van der Waals surface area contributed by atoms with Crippen molar-refractivity contribution in [3.05, 3.63) is 35.9 Å². The Morgan fingerprint density at radius 1 is 1.24 bits per heavy atom. The number of hydrogen-bond donors (Lipinski definition) is 1. The number of hydrogen-bond acceptors (Lipinski definition) is 8. The summed E-state index contributed by atoms with van der Waals surface area (Å²) >= 11 is 1.70. The summed E-state index contributed by atoms with van der Waals surface area (Å²) in [5.41, 5.74) is 0.885. The van der Waals surface area contributed by atoms with Gasteiger partial charge in [-0.3, -0.25) is 15.0 Å². The molecule has 3 atom stereocenters. The van der Waals surface area contributed by atoms with E-state index in [1.807, 2.05) is 30.3 Å². The van der Waals surface area contributed by atoms with Gasteiger partial charge in [0.1, 0.15) is 18.7 Å². The number of esters is 2. The van der Waals surface area contributed by atoms with Gasteiger partial charge in [0.15, 0.2) is 6.73 Å². The normalized spacial score (nSPS) is 23.7. The smallest absolute Gasteiger partial charge is 0.413 e. The van der Waals surface area contributed by atoms with Gasteiger partial charge in [-0.05, 0) is 18.4 Å². The number of carbonyl (C=O) groups is 3. The maximum absolute atomic E-state index is 12.4. The number of ether oxygens (including phenoxy) is 3. The van der Waals surface area contributed by atoms with E-state index in [2.05, 4.69) is 5.32 Å². The second-order valence-electron chi connectivity index (χ2n) is 6.97. The predicted molar refractivity (Wildman–Crippen MR) is 107 cm³/mol. The first-order valence-corrected chi connectivity index (χ1v) is 10.7. The fraction of sp³-hybridized carbons (Fsp3) is 0.550. The second kappa shape index (κ2) is 10.5. The Bertz CT molecular complexity index is 716. The molecule has 3 rings (SSSR count). The summed E-state index contributed by atoms with van der Waals surface area (Å²) in [5.74, 6) is 0.0759. The van der Waals surface area contributed by atoms with E-state index in [1.54, 1.807) is 11.8 Å². The van der Waals surface area contributed by atoms with E-state index in [1.165, 1.54) is 12.0 Å². The fourth-order valence-electron chi connectivity index (χ4n) is 3.35. The van der Waals surface area contributed by atoms with Crippen molar-refractivity contribution in [2.45, 2.75) is 49.7 Å². The zero-order chi connectivity index (χ0) is 20.6. The SMILES string of the molecule is COC(=O)[C@@H]1CS[C@H](CCCC[C@H]2C(=O)OCN2C(=O)OCc2ccccc2)N1. The standard InChI is InChI=1S/C20H26N2O6S/c1-26-18(23)15-12-29-17(21-15)10-6-5-9-16-19(24)28-13-22(16)20(25)27-11-14-7-3-2-4-8-14/h2-4,7-8,15-17,21H,5-6,9-13H2,1H3/t15-,16-,17+/m0/s1. The summed E-state index contributed by atoms with van der Waals surface area (Å²) in [4.78, 5) is 37.3. The number of nitrogens with zero attached hydrogens (tertiary/aromatic N) is 1. The molecule has 9 heteroatoms. The van der Waals surface area contributed by atoms with Gasteiger partial charge in [0.2, 0.25) is 0 Å². The van der Waals surface area contributed by atoms with Crippen molar-refractivity contribution in [3.63, 3.8) is 0 Å². The number of unbranched alkanes of at least 4 members (excludes halogenated alkanes) is 1. The Morgan fingerprint density at radius 3 is 2.76 bits per heavy atom. The fourth-order valence-corrected chi connectivity index (χ4v) is 4.60. The van der Waals surface area contributed by atoms with Crippen LogP contribution in [0.4, 0.5) is 4.79 Å². The summed E-state index contributed by atoms with van der Waals surface area (Å²) < 4.78 is 15.1. The van der Waals surface area contributed by atoms with Gasteiger partial charge >= 0.3 is 18.0 Å². The molecule has 0 saturated carbocycles. The number of thioether (sulfide) groups is 1. The number of cyclic esters (lactones) is 1. The summed E-state index contributed by atoms with van der Waals surface area (Å²) in [5, 5.41) is 3.45. The highest BCUT2D eigenvalue weighted by Crippen LogP contribution is 2.25. The Labute approximate surface area is 174 Å². The number of amides is 1. The van der Waals surface area contributed by atoms with Gasteiger partial charge in [-0.15, -0.1) is 11.8 Å². The van der Waals surface area contributed by atoms with Crippen molar-refractivity contribution >= 4 is 29.8 Å². The molecular formula is C20H26N2O6S. The molecule has 1 aromatic carbocycles. The lowest BCUT2D eigenvalue weighted by Gasteiger charge is -2.20. The molecule has 0 aromatic heterocycles. The van der Waals surface area contributed by atoms with Crippen LogP contribution in [0.1, 0.15) is 31.2 Å². The van der Waals surface area contributed by atoms with Crippen LogP contribution in [0.25, 0.3) is 0 Å². The Morgan fingerprint density at radius 2 is 2.00 bits per heavy atom. The van der Waals surface area contributed by atoms with E-state index in [9.17, 15) is 14.4 Å². The third-order valence-electron chi connectivity index (χ3n) is 4.96. The topological polar surface area (TPSA) is 94.2 Å². The average molecular weight is 423 g/mol. The Balaban J connectivity index is 1.39. The Kier molecular flexibility index (Phi) is 7.76. The van der Waals surface area contributed by atoms with Gasteiger partial charge in [0.25, 0.3) is 0 Å². The molecular weight excluding hydrogens is 396 g/mol. The van der Waals surface area contributed by atoms with E-state index >= 15 is 0 Å². The van der Waals surface area contributed by atoms with Crippen molar-refractivity contribution in [1.29, 1.82) is 0 Å². The van der Waals surface area contributed by atoms with Crippen LogP contribution in [0.15, 0.2) is 30.3 Å². The van der Waals surface area contributed by atoms with Gasteiger partial charge in [0, 0.05) is 5.75 Å². The number of methoxy groups -OCH3 is 1. The maximum atomic E-state index is 12.4. The first kappa shape index (κ1) is 21.4. The molecule has 2 heterocycles. The lowest BCUT2D eigenvalue weighted by atomic mass is 10.1. The summed E-state index contributed by atoms with van der Waals surface area (Å²) in [6.45, 7) is 0.0843. The molecule has 0 bridgehead atoms. The first-order chi connectivity index (χ1) is 14.1. The number of carbonyl (C=O) groups excluding carboxylic acids is 3. The van der Waals surface area contributed by atoms with Crippen LogP contribution < -0.4 is 5.32 Å². The minimum Gasteiger partial charge on any atom is -0.468 e. The third-order valence-corrected chi connectivity index (χ3v) is 6.26. The van der Waals surface area contributed by atoms with E-state index in [4.69, 9.17) is 14.2 Å². The van der Waals surface area contributed by atoms with Crippen LogP contribution in [0.2, 0.25) is 0 Å². The van der Waals surface area contributed by atoms with E-state index in [-0.39, 0.29) is 36.7 Å². The minimum atomic E-state index is -0.606. The van der Waals surface area contributed by atoms with E-state index in [0.29, 0.717) is 12.2 Å². The molecule has 29 heavy (non-hydrogen) atoms. The first-order valence-electron chi connectivity index (χ1n) is 9.68. The monoisotopic (exact) mass is 422 g/mol. The lowest BCUT2D eigenvalue weighted by molar-refractivity contribution is -0.142. The molecule has 0 spiro atoms. The largest absolute Gasteiger partial charge is 0.468 e. The molecule has 8 nitrogen and oxygen atoms in total. The van der Waals surface area contributed by atoms with Crippen LogP contribution in [0.3, 0.4) is 0 Å². The summed E-state index contributed by atoms with van der Waals surface area (Å²) in [6, 6.07) is 8.52. The molecule has 2 aliphatic rings. The minimum absolute atomic E-state index is 0.0715. The van der Waals surface area contributed by atoms with Crippen LogP contribution in [-0.2, 0) is 30.4 Å². The van der Waals surface area contributed by atoms with Crippen molar-refractivity contribution in [2.75, 3.05) is 19.6 Å². The predicted octanol–water partition coefficient (Wildman–Crippen LogP) is 2.27. The van der Waals surface area contributed by atoms with Gasteiger partial charge in [-0.2, -0.15) is 0 Å². The average Bonchev–Trinajstić information content (AvgIpc) is 3.36. The molecule has 2 saturated heterocycles. The highest BCUT2D eigenvalue weighted by Gasteiger charge is 2.38. The molecule has 1 amide bonds. The van der Waals surface area contributed by atoms with Crippen LogP contribution in [0.5, 0.6) is 0 Å². The Hall–Kier alpha value is -2.26. The molecule has 2 fully saturated rings. The van der Waals surface area contributed by atoms with Crippen molar-refractivity contribution < 1.29 is 28.6 Å².